The minimum Gasteiger partial charge on any atom is -0.396 e. The van der Waals surface area contributed by atoms with Crippen LogP contribution >= 0.6 is 0 Å². The minimum atomic E-state index is 0.296. The van der Waals surface area contributed by atoms with Gasteiger partial charge in [0.1, 0.15) is 0 Å². The molecule has 0 amide bonds. The fourth-order valence-corrected chi connectivity index (χ4v) is 1.53. The van der Waals surface area contributed by atoms with Gasteiger partial charge in [0.15, 0.2) is 0 Å². The van der Waals surface area contributed by atoms with Crippen LogP contribution in [0, 0.1) is 6.58 Å². The van der Waals surface area contributed by atoms with Crippen LogP contribution in [0.5, 0.6) is 0 Å². The topological polar surface area (TPSA) is 20.2 Å². The summed E-state index contributed by atoms with van der Waals surface area (Å²) in [5.41, 5.74) is 2.42. The molecule has 14 heavy (non-hydrogen) atoms. The molecule has 0 saturated carbocycles. The second-order valence-corrected chi connectivity index (χ2v) is 3.40. The van der Waals surface area contributed by atoms with Crippen molar-refractivity contribution in [3.05, 3.63) is 42.0 Å². The lowest BCUT2D eigenvalue weighted by atomic mass is 10.0. The molecule has 0 unspecified atom stereocenters. The standard InChI is InChI=1S/C13H17O/c1-2-12-8-5-6-10-13(12)9-4-3-7-11-14/h1-2,5-6,8,10,14H,3-4,7,9,11H2. The first-order valence-electron chi connectivity index (χ1n) is 5.12. The number of unbranched alkanes of at least 4 members (excludes halogenated alkanes) is 2. The van der Waals surface area contributed by atoms with E-state index in [4.69, 9.17) is 11.7 Å². The summed E-state index contributed by atoms with van der Waals surface area (Å²) in [4.78, 5) is 0. The van der Waals surface area contributed by atoms with Gasteiger partial charge in [-0.1, -0.05) is 43.3 Å². The van der Waals surface area contributed by atoms with Crippen molar-refractivity contribution >= 4 is 6.08 Å². The minimum absolute atomic E-state index is 0.296. The Bertz CT molecular complexity index is 278. The molecule has 0 atom stereocenters. The lowest BCUT2D eigenvalue weighted by molar-refractivity contribution is 0.283. The van der Waals surface area contributed by atoms with Crippen molar-refractivity contribution in [2.75, 3.05) is 6.61 Å². The highest BCUT2D eigenvalue weighted by Gasteiger charge is 1.97. The molecule has 1 heteroatoms. The molecular weight excluding hydrogens is 172 g/mol. The monoisotopic (exact) mass is 189 g/mol. The van der Waals surface area contributed by atoms with Gasteiger partial charge in [0.05, 0.1) is 0 Å². The molecule has 0 bridgehead atoms. The van der Waals surface area contributed by atoms with Crippen LogP contribution in [-0.2, 0) is 6.42 Å². The first-order valence-corrected chi connectivity index (χ1v) is 5.12. The van der Waals surface area contributed by atoms with Crippen LogP contribution in [0.4, 0.5) is 0 Å². The second kappa shape index (κ2) is 6.39. The third-order valence-electron chi connectivity index (χ3n) is 2.34. The Morgan fingerprint density at radius 3 is 2.64 bits per heavy atom. The van der Waals surface area contributed by atoms with Crippen molar-refractivity contribution in [1.29, 1.82) is 0 Å². The van der Waals surface area contributed by atoms with E-state index in [0.717, 1.165) is 31.2 Å². The molecule has 1 N–H and O–H groups in total. The van der Waals surface area contributed by atoms with Crippen molar-refractivity contribution in [2.45, 2.75) is 25.7 Å². The van der Waals surface area contributed by atoms with Crippen LogP contribution < -0.4 is 0 Å². The number of aryl methyl sites for hydroxylation is 1. The summed E-state index contributed by atoms with van der Waals surface area (Å²) >= 11 is 0. The van der Waals surface area contributed by atoms with E-state index in [1.807, 2.05) is 18.2 Å². The number of rotatable bonds is 6. The molecule has 0 aliphatic carbocycles. The van der Waals surface area contributed by atoms with Gasteiger partial charge in [0.25, 0.3) is 0 Å². The summed E-state index contributed by atoms with van der Waals surface area (Å²) in [5.74, 6) is 0. The maximum absolute atomic E-state index is 8.64. The van der Waals surface area contributed by atoms with Crippen LogP contribution in [-0.4, -0.2) is 11.7 Å². The van der Waals surface area contributed by atoms with E-state index in [9.17, 15) is 0 Å². The second-order valence-electron chi connectivity index (χ2n) is 3.40. The fraction of sp³-hybridized carbons (Fsp3) is 0.385. The van der Waals surface area contributed by atoms with Crippen molar-refractivity contribution < 1.29 is 5.11 Å². The summed E-state index contributed by atoms with van der Waals surface area (Å²) in [6, 6.07) is 8.17. The third kappa shape index (κ3) is 3.35. The highest BCUT2D eigenvalue weighted by molar-refractivity contribution is 5.50. The zero-order valence-electron chi connectivity index (χ0n) is 8.45. The van der Waals surface area contributed by atoms with Gasteiger partial charge in [0, 0.05) is 6.61 Å². The normalized spacial score (nSPS) is 10.1. The average Bonchev–Trinajstić information content (AvgIpc) is 2.25. The molecule has 1 aromatic carbocycles. The molecule has 0 fully saturated rings. The number of hydrogen-bond donors (Lipinski definition) is 1. The maximum atomic E-state index is 8.64. The van der Waals surface area contributed by atoms with Gasteiger partial charge in [-0.05, 0) is 30.4 Å². The molecular formula is C13H17O. The third-order valence-corrected chi connectivity index (χ3v) is 2.34. The van der Waals surface area contributed by atoms with Gasteiger partial charge in [-0.2, -0.15) is 0 Å². The molecule has 1 radical (unpaired) electrons. The summed E-state index contributed by atoms with van der Waals surface area (Å²) in [6.07, 6.45) is 5.79. The predicted octanol–water partition coefficient (Wildman–Crippen LogP) is 2.84. The zero-order valence-corrected chi connectivity index (χ0v) is 8.45. The molecule has 1 aromatic rings. The van der Waals surface area contributed by atoms with E-state index in [1.54, 1.807) is 6.08 Å². The number of aliphatic hydroxyl groups excluding tert-OH is 1. The van der Waals surface area contributed by atoms with Gasteiger partial charge in [-0.3, -0.25) is 0 Å². The summed E-state index contributed by atoms with van der Waals surface area (Å²) in [7, 11) is 0. The van der Waals surface area contributed by atoms with Gasteiger partial charge in [0.2, 0.25) is 0 Å². The Hall–Kier alpha value is -1.08. The van der Waals surface area contributed by atoms with E-state index in [2.05, 4.69) is 6.07 Å². The SMILES string of the molecule is [CH]=Cc1ccccc1CCCCCO. The number of benzene rings is 1. The van der Waals surface area contributed by atoms with E-state index < -0.39 is 0 Å². The van der Waals surface area contributed by atoms with Crippen molar-refractivity contribution in [2.24, 2.45) is 0 Å². The van der Waals surface area contributed by atoms with E-state index >= 15 is 0 Å². The number of hydrogen-bond acceptors (Lipinski definition) is 1. The zero-order chi connectivity index (χ0) is 10.2. The van der Waals surface area contributed by atoms with Gasteiger partial charge in [-0.15, -0.1) is 0 Å². The summed E-state index contributed by atoms with van der Waals surface area (Å²) < 4.78 is 0. The smallest absolute Gasteiger partial charge is 0.0431 e. The van der Waals surface area contributed by atoms with Crippen LogP contribution in [0.2, 0.25) is 0 Å². The van der Waals surface area contributed by atoms with Crippen LogP contribution in [0.15, 0.2) is 24.3 Å². The maximum Gasteiger partial charge on any atom is 0.0431 e. The Balaban J connectivity index is 2.45. The van der Waals surface area contributed by atoms with Crippen LogP contribution in [0.1, 0.15) is 30.4 Å². The fourth-order valence-electron chi connectivity index (χ4n) is 1.53. The molecule has 0 saturated heterocycles. The van der Waals surface area contributed by atoms with Crippen molar-refractivity contribution in [3.63, 3.8) is 0 Å². The lowest BCUT2D eigenvalue weighted by Gasteiger charge is -2.04. The molecule has 75 valence electrons. The molecule has 1 rings (SSSR count). The molecule has 0 aromatic heterocycles. The quantitative estimate of drug-likeness (QED) is 0.682. The van der Waals surface area contributed by atoms with E-state index in [-0.39, 0.29) is 0 Å². The Morgan fingerprint density at radius 2 is 1.93 bits per heavy atom. The lowest BCUT2D eigenvalue weighted by Crippen LogP contribution is -1.90. The van der Waals surface area contributed by atoms with Gasteiger partial charge < -0.3 is 5.11 Å². The first kappa shape index (κ1) is 11.0. The Kier molecular flexibility index (Phi) is 5.02. The molecule has 0 aliphatic rings. The van der Waals surface area contributed by atoms with Gasteiger partial charge >= 0.3 is 0 Å². The molecule has 0 aliphatic heterocycles. The highest BCUT2D eigenvalue weighted by Crippen LogP contribution is 2.13. The largest absolute Gasteiger partial charge is 0.396 e. The summed E-state index contributed by atoms with van der Waals surface area (Å²) in [6.45, 7) is 5.81. The summed E-state index contributed by atoms with van der Waals surface area (Å²) in [5, 5.41) is 8.64. The van der Waals surface area contributed by atoms with Crippen LogP contribution in [0.3, 0.4) is 0 Å². The van der Waals surface area contributed by atoms with Crippen molar-refractivity contribution in [3.8, 4) is 0 Å². The van der Waals surface area contributed by atoms with Gasteiger partial charge in [-0.25, -0.2) is 0 Å². The van der Waals surface area contributed by atoms with E-state index in [1.165, 1.54) is 5.56 Å². The average molecular weight is 189 g/mol. The first-order chi connectivity index (χ1) is 6.88. The van der Waals surface area contributed by atoms with Crippen molar-refractivity contribution in [1.82, 2.24) is 0 Å². The Labute approximate surface area is 86.1 Å². The highest BCUT2D eigenvalue weighted by atomic mass is 16.2. The van der Waals surface area contributed by atoms with Crippen LogP contribution in [0.25, 0.3) is 6.08 Å². The number of aliphatic hydroxyl groups is 1. The molecule has 0 spiro atoms. The predicted molar refractivity (Wildman–Crippen MR) is 59.8 cm³/mol. The Morgan fingerprint density at radius 1 is 1.14 bits per heavy atom. The van der Waals surface area contributed by atoms with E-state index in [0.29, 0.717) is 6.61 Å². The molecule has 0 heterocycles. The molecule has 1 nitrogen and oxygen atoms in total.